The SMILES string of the molecule is COc1ccc2ccc(Oc3ccc(NCc4cccc5ccccc45)s3)cc2c1. The summed E-state index contributed by atoms with van der Waals surface area (Å²) in [5, 5.41) is 10.3. The topological polar surface area (TPSA) is 30.5 Å². The summed E-state index contributed by atoms with van der Waals surface area (Å²) < 4.78 is 11.4. The van der Waals surface area contributed by atoms with Gasteiger partial charge < -0.3 is 14.8 Å². The smallest absolute Gasteiger partial charge is 0.182 e. The first kappa shape index (κ1) is 18.5. The quantitative estimate of drug-likeness (QED) is 0.314. The lowest BCUT2D eigenvalue weighted by molar-refractivity contribution is 0.415. The van der Waals surface area contributed by atoms with Gasteiger partial charge in [-0.15, -0.1) is 0 Å². The molecule has 0 unspecified atom stereocenters. The molecule has 1 N–H and O–H groups in total. The van der Waals surface area contributed by atoms with Crippen molar-refractivity contribution in [2.75, 3.05) is 12.4 Å². The van der Waals surface area contributed by atoms with Gasteiger partial charge in [-0.2, -0.15) is 0 Å². The fraction of sp³-hybridized carbons (Fsp3) is 0.0769. The third kappa shape index (κ3) is 3.82. The fourth-order valence-electron chi connectivity index (χ4n) is 3.61. The van der Waals surface area contributed by atoms with E-state index in [4.69, 9.17) is 9.47 Å². The molecule has 0 aliphatic heterocycles. The van der Waals surface area contributed by atoms with Gasteiger partial charge in [0.25, 0.3) is 0 Å². The largest absolute Gasteiger partial charge is 0.497 e. The van der Waals surface area contributed by atoms with Crippen molar-refractivity contribution in [3.05, 3.63) is 96.6 Å². The van der Waals surface area contributed by atoms with Crippen molar-refractivity contribution in [1.29, 1.82) is 0 Å². The Labute approximate surface area is 179 Å². The van der Waals surface area contributed by atoms with E-state index in [0.29, 0.717) is 0 Å². The van der Waals surface area contributed by atoms with Crippen LogP contribution in [0.15, 0.2) is 91.0 Å². The minimum atomic E-state index is 0.775. The van der Waals surface area contributed by atoms with Gasteiger partial charge in [-0.05, 0) is 63.5 Å². The highest BCUT2D eigenvalue weighted by molar-refractivity contribution is 7.17. The number of hydrogen-bond acceptors (Lipinski definition) is 4. The van der Waals surface area contributed by atoms with Crippen LogP contribution in [0.1, 0.15) is 5.56 Å². The average Bonchev–Trinajstić information content (AvgIpc) is 3.24. The van der Waals surface area contributed by atoms with Crippen LogP contribution >= 0.6 is 11.3 Å². The Bertz CT molecular complexity index is 1320. The van der Waals surface area contributed by atoms with E-state index in [0.717, 1.165) is 38.9 Å². The van der Waals surface area contributed by atoms with Crippen LogP contribution in [0.2, 0.25) is 0 Å². The molecule has 0 saturated carbocycles. The zero-order valence-electron chi connectivity index (χ0n) is 16.6. The van der Waals surface area contributed by atoms with Gasteiger partial charge in [-0.1, -0.05) is 65.9 Å². The van der Waals surface area contributed by atoms with Gasteiger partial charge in [0, 0.05) is 6.54 Å². The van der Waals surface area contributed by atoms with Crippen molar-refractivity contribution in [1.82, 2.24) is 0 Å². The number of anilines is 1. The number of ether oxygens (including phenoxy) is 2. The number of rotatable bonds is 6. The molecule has 30 heavy (non-hydrogen) atoms. The highest BCUT2D eigenvalue weighted by Crippen LogP contribution is 2.34. The second-order valence-corrected chi connectivity index (χ2v) is 8.13. The summed E-state index contributed by atoms with van der Waals surface area (Å²) in [6, 6.07) is 31.1. The number of hydrogen-bond donors (Lipinski definition) is 1. The van der Waals surface area contributed by atoms with E-state index in [-0.39, 0.29) is 0 Å². The van der Waals surface area contributed by atoms with Gasteiger partial charge in [0.2, 0.25) is 0 Å². The molecule has 0 fully saturated rings. The minimum Gasteiger partial charge on any atom is -0.497 e. The molecule has 5 rings (SSSR count). The molecule has 0 aliphatic rings. The Hall–Kier alpha value is -3.50. The van der Waals surface area contributed by atoms with Crippen LogP contribution in [0.4, 0.5) is 5.00 Å². The van der Waals surface area contributed by atoms with E-state index in [1.807, 2.05) is 30.3 Å². The Morgan fingerprint density at radius 2 is 1.53 bits per heavy atom. The maximum absolute atomic E-state index is 6.10. The second kappa shape index (κ2) is 8.09. The summed E-state index contributed by atoms with van der Waals surface area (Å²) in [5.74, 6) is 1.66. The molecular weight excluding hydrogens is 390 g/mol. The van der Waals surface area contributed by atoms with Crippen molar-refractivity contribution in [2.24, 2.45) is 0 Å². The normalized spacial score (nSPS) is 11.0. The van der Waals surface area contributed by atoms with Crippen LogP contribution in [0, 0.1) is 0 Å². The van der Waals surface area contributed by atoms with Crippen molar-refractivity contribution < 1.29 is 9.47 Å². The number of nitrogens with one attached hydrogen (secondary N) is 1. The van der Waals surface area contributed by atoms with E-state index >= 15 is 0 Å². The van der Waals surface area contributed by atoms with Gasteiger partial charge in [0.05, 0.1) is 12.1 Å². The Kier molecular flexibility index (Phi) is 4.99. The predicted octanol–water partition coefficient (Wildman–Crippen LogP) is 7.47. The summed E-state index contributed by atoms with van der Waals surface area (Å²) in [6.07, 6.45) is 0. The molecule has 0 spiro atoms. The Morgan fingerprint density at radius 3 is 2.43 bits per heavy atom. The monoisotopic (exact) mass is 411 g/mol. The first-order valence-electron chi connectivity index (χ1n) is 9.84. The zero-order valence-corrected chi connectivity index (χ0v) is 17.4. The molecule has 5 aromatic rings. The highest BCUT2D eigenvalue weighted by Gasteiger charge is 2.06. The fourth-order valence-corrected chi connectivity index (χ4v) is 4.38. The molecule has 0 atom stereocenters. The Balaban J connectivity index is 1.30. The van der Waals surface area contributed by atoms with Crippen LogP contribution in [0.5, 0.6) is 16.6 Å². The molecule has 4 heteroatoms. The van der Waals surface area contributed by atoms with Crippen LogP contribution in [0.25, 0.3) is 21.5 Å². The lowest BCUT2D eigenvalue weighted by Crippen LogP contribution is -1.98. The van der Waals surface area contributed by atoms with E-state index in [1.54, 1.807) is 18.4 Å². The maximum Gasteiger partial charge on any atom is 0.182 e. The number of thiophene rings is 1. The summed E-state index contributed by atoms with van der Waals surface area (Å²) in [5.41, 5.74) is 1.28. The molecule has 0 saturated heterocycles. The molecule has 0 aliphatic carbocycles. The first-order chi connectivity index (χ1) is 14.8. The highest BCUT2D eigenvalue weighted by atomic mass is 32.1. The van der Waals surface area contributed by atoms with Crippen LogP contribution in [-0.4, -0.2) is 7.11 Å². The average molecular weight is 412 g/mol. The van der Waals surface area contributed by atoms with Crippen LogP contribution in [-0.2, 0) is 6.54 Å². The van der Waals surface area contributed by atoms with E-state index in [1.165, 1.54) is 16.3 Å². The number of methoxy groups -OCH3 is 1. The Morgan fingerprint density at radius 1 is 0.733 bits per heavy atom. The van der Waals surface area contributed by atoms with Gasteiger partial charge in [0.1, 0.15) is 11.5 Å². The zero-order chi connectivity index (χ0) is 20.3. The van der Waals surface area contributed by atoms with E-state index in [2.05, 4.69) is 66.0 Å². The third-order valence-electron chi connectivity index (χ3n) is 5.15. The first-order valence-corrected chi connectivity index (χ1v) is 10.7. The number of benzene rings is 4. The third-order valence-corrected chi connectivity index (χ3v) is 6.07. The van der Waals surface area contributed by atoms with Gasteiger partial charge in [-0.25, -0.2) is 0 Å². The molecule has 1 heterocycles. The summed E-state index contributed by atoms with van der Waals surface area (Å²) >= 11 is 1.61. The molecule has 0 bridgehead atoms. The molecule has 1 aromatic heterocycles. The maximum atomic E-state index is 6.10. The van der Waals surface area contributed by atoms with E-state index in [9.17, 15) is 0 Å². The minimum absolute atomic E-state index is 0.775. The molecule has 148 valence electrons. The summed E-state index contributed by atoms with van der Waals surface area (Å²) in [7, 11) is 1.68. The van der Waals surface area contributed by atoms with Gasteiger partial charge in [-0.3, -0.25) is 0 Å². The molecule has 0 amide bonds. The van der Waals surface area contributed by atoms with Crippen LogP contribution < -0.4 is 14.8 Å². The predicted molar refractivity (Wildman–Crippen MR) is 126 cm³/mol. The van der Waals surface area contributed by atoms with E-state index < -0.39 is 0 Å². The van der Waals surface area contributed by atoms with Crippen LogP contribution in [0.3, 0.4) is 0 Å². The lowest BCUT2D eigenvalue weighted by atomic mass is 10.0. The van der Waals surface area contributed by atoms with Crippen molar-refractivity contribution in [3.8, 4) is 16.6 Å². The summed E-state index contributed by atoms with van der Waals surface area (Å²) in [6.45, 7) is 0.775. The molecule has 3 nitrogen and oxygen atoms in total. The molecule has 0 radical (unpaired) electrons. The van der Waals surface area contributed by atoms with Crippen molar-refractivity contribution in [2.45, 2.75) is 6.54 Å². The van der Waals surface area contributed by atoms with Crippen molar-refractivity contribution >= 4 is 37.9 Å². The molecular formula is C26H21NO2S. The number of fused-ring (bicyclic) bond motifs is 2. The lowest BCUT2D eigenvalue weighted by Gasteiger charge is -2.08. The standard InChI is InChI=1S/C26H21NO2S/c1-28-22-11-9-18-10-12-23(16-21(18)15-22)29-26-14-13-25(30-26)27-17-20-7-4-6-19-5-2-3-8-24(19)20/h2-16,27H,17H2,1H3. The van der Waals surface area contributed by atoms with Crippen molar-refractivity contribution in [3.63, 3.8) is 0 Å². The van der Waals surface area contributed by atoms with Gasteiger partial charge >= 0.3 is 0 Å². The second-order valence-electron chi connectivity index (χ2n) is 7.09. The van der Waals surface area contributed by atoms with Gasteiger partial charge in [0.15, 0.2) is 5.06 Å². The molecule has 4 aromatic carbocycles. The summed E-state index contributed by atoms with van der Waals surface area (Å²) in [4.78, 5) is 0.